The summed E-state index contributed by atoms with van der Waals surface area (Å²) in [6, 6.07) is 19.7. The van der Waals surface area contributed by atoms with E-state index in [1.807, 2.05) is 100 Å². The molecule has 50 heavy (non-hydrogen) atoms. The second kappa shape index (κ2) is 17.8. The summed E-state index contributed by atoms with van der Waals surface area (Å²) in [6.45, 7) is 17.7. The topological polar surface area (TPSA) is 118 Å². The van der Waals surface area contributed by atoms with Crippen LogP contribution in [0, 0.1) is 17.8 Å². The van der Waals surface area contributed by atoms with Crippen LogP contribution in [0.5, 0.6) is 0 Å². The molecular weight excluding hydrogens is 651 g/mol. The van der Waals surface area contributed by atoms with Gasteiger partial charge in [0, 0.05) is 11.8 Å². The highest BCUT2D eigenvalue weighted by Crippen LogP contribution is 2.43. The molecule has 2 aromatic rings. The minimum Gasteiger partial charge on any atom is -0.438 e. The third-order valence-corrected chi connectivity index (χ3v) is 15.4. The van der Waals surface area contributed by atoms with Crippen LogP contribution in [0.3, 0.4) is 0 Å². The van der Waals surface area contributed by atoms with Crippen LogP contribution in [0.1, 0.15) is 74.1 Å². The molecule has 2 aromatic carbocycles. The lowest BCUT2D eigenvalue weighted by atomic mass is 9.77. The Bertz CT molecular complexity index is 1300. The lowest BCUT2D eigenvalue weighted by Crippen LogP contribution is -2.65. The van der Waals surface area contributed by atoms with Crippen molar-refractivity contribution in [1.82, 2.24) is 4.90 Å². The normalized spacial score (nSPS) is 24.4. The number of methoxy groups -OCH3 is 1. The molecule has 9 nitrogen and oxygen atoms in total. The van der Waals surface area contributed by atoms with Gasteiger partial charge in [0.05, 0.1) is 37.1 Å². The first-order chi connectivity index (χ1) is 23.4. The van der Waals surface area contributed by atoms with Crippen molar-refractivity contribution in [1.29, 1.82) is 0 Å². The van der Waals surface area contributed by atoms with Gasteiger partial charge in [0.25, 0.3) is 8.32 Å². The number of hydrogen-bond donors (Lipinski definition) is 3. The molecule has 0 radical (unpaired) electrons. The largest absolute Gasteiger partial charge is 0.508 e. The Balaban J connectivity index is 1.91. The molecule has 1 fully saturated rings. The van der Waals surface area contributed by atoms with Crippen molar-refractivity contribution in [3.8, 4) is 0 Å². The first-order valence-electron chi connectivity index (χ1n) is 18.0. The van der Waals surface area contributed by atoms with Crippen LogP contribution < -0.4 is 10.4 Å². The summed E-state index contributed by atoms with van der Waals surface area (Å²) in [5.41, 5.74) is -1.43. The molecule has 3 rings (SSSR count). The first-order valence-corrected chi connectivity index (χ1v) is 19.9. The lowest BCUT2D eigenvalue weighted by molar-refractivity contribution is -0.299. The lowest BCUT2D eigenvalue weighted by Gasteiger charge is -2.47. The molecule has 1 aliphatic heterocycles. The van der Waals surface area contributed by atoms with Crippen LogP contribution in [0.15, 0.2) is 73.3 Å². The van der Waals surface area contributed by atoms with Crippen molar-refractivity contribution < 1.29 is 38.8 Å². The standard InChI is InChI=1S/C40H63NO8Si/c1-12-28(3)34(42)30(5)36(49-37-35(48-38(43)46-11)33(41(9)10)25-29(4)47-37)40(8,44)26-27(2)23-24-39(6,7)50(45,31-19-15-13-16-20-31)32-21-17-14-18-22-32/h12-22,27-30,33-37,42,44-45H,1,23-26H2,2-11H3/t27-,28-,29+,30-,33-,34+,35+,36+,37?,40+/m0/s1. The summed E-state index contributed by atoms with van der Waals surface area (Å²) in [6.07, 6.45) is -0.632. The molecule has 1 unspecified atom stereocenters. The van der Waals surface area contributed by atoms with Crippen molar-refractivity contribution in [2.45, 2.75) is 122 Å². The summed E-state index contributed by atoms with van der Waals surface area (Å²) in [4.78, 5) is 27.0. The van der Waals surface area contributed by atoms with E-state index in [1.54, 1.807) is 13.0 Å². The zero-order valence-corrected chi connectivity index (χ0v) is 32.9. The average molecular weight is 714 g/mol. The van der Waals surface area contributed by atoms with Gasteiger partial charge in [0.1, 0.15) is 0 Å². The minimum absolute atomic E-state index is 0.0178. The summed E-state index contributed by atoms with van der Waals surface area (Å²) in [5, 5.41) is 25.2. The minimum atomic E-state index is -3.20. The van der Waals surface area contributed by atoms with Gasteiger partial charge in [-0.05, 0) is 68.5 Å². The van der Waals surface area contributed by atoms with E-state index in [1.165, 1.54) is 7.11 Å². The predicted octanol–water partition coefficient (Wildman–Crippen LogP) is 5.50. The van der Waals surface area contributed by atoms with E-state index >= 15 is 0 Å². The maximum Gasteiger partial charge on any atom is 0.508 e. The van der Waals surface area contributed by atoms with Crippen LogP contribution in [-0.2, 0) is 18.9 Å². The van der Waals surface area contributed by atoms with Crippen molar-refractivity contribution in [3.63, 3.8) is 0 Å². The molecule has 3 N–H and O–H groups in total. The van der Waals surface area contributed by atoms with Crippen LogP contribution in [0.4, 0.5) is 4.79 Å². The van der Waals surface area contributed by atoms with E-state index < -0.39 is 55.6 Å². The number of rotatable bonds is 17. The quantitative estimate of drug-likeness (QED) is 0.111. The molecule has 0 amide bonds. The molecular formula is C40H63NO8Si. The van der Waals surface area contributed by atoms with Gasteiger partial charge in [-0.2, -0.15) is 0 Å². The van der Waals surface area contributed by atoms with Gasteiger partial charge >= 0.3 is 6.16 Å². The van der Waals surface area contributed by atoms with Crippen molar-refractivity contribution in [3.05, 3.63) is 73.3 Å². The number of hydrogen-bond acceptors (Lipinski definition) is 9. The maximum atomic E-state index is 12.7. The van der Waals surface area contributed by atoms with Gasteiger partial charge in [-0.3, -0.25) is 0 Å². The van der Waals surface area contributed by atoms with E-state index in [9.17, 15) is 19.8 Å². The highest BCUT2D eigenvalue weighted by Gasteiger charge is 2.51. The van der Waals surface area contributed by atoms with Crippen molar-refractivity contribution in [2.24, 2.45) is 17.8 Å². The molecule has 0 spiro atoms. The molecule has 1 aliphatic rings. The number of benzene rings is 2. The number of nitrogens with zero attached hydrogens (tertiary/aromatic N) is 1. The van der Waals surface area contributed by atoms with E-state index in [2.05, 4.69) is 27.4 Å². The predicted molar refractivity (Wildman–Crippen MR) is 201 cm³/mol. The van der Waals surface area contributed by atoms with Gasteiger partial charge in [-0.1, -0.05) is 108 Å². The maximum absolute atomic E-state index is 12.7. The summed E-state index contributed by atoms with van der Waals surface area (Å²) < 4.78 is 23.5. The van der Waals surface area contributed by atoms with E-state index in [0.29, 0.717) is 12.8 Å². The highest BCUT2D eigenvalue weighted by atomic mass is 28.4. The van der Waals surface area contributed by atoms with E-state index in [4.69, 9.17) is 18.9 Å². The Morgan fingerprint density at radius 3 is 2.08 bits per heavy atom. The van der Waals surface area contributed by atoms with Gasteiger partial charge in [-0.15, -0.1) is 6.58 Å². The van der Waals surface area contributed by atoms with E-state index in [-0.39, 0.29) is 24.0 Å². The molecule has 0 saturated carbocycles. The Labute approximate surface area is 301 Å². The van der Waals surface area contributed by atoms with Gasteiger partial charge < -0.3 is 38.9 Å². The summed E-state index contributed by atoms with van der Waals surface area (Å²) in [7, 11) is 1.86. The van der Waals surface area contributed by atoms with Crippen LogP contribution in [0.25, 0.3) is 0 Å². The second-order valence-electron chi connectivity index (χ2n) is 15.7. The fourth-order valence-corrected chi connectivity index (χ4v) is 11.5. The van der Waals surface area contributed by atoms with E-state index in [0.717, 1.165) is 23.2 Å². The van der Waals surface area contributed by atoms with Crippen molar-refractivity contribution >= 4 is 24.8 Å². The third kappa shape index (κ3) is 9.85. The Morgan fingerprint density at radius 1 is 1.06 bits per heavy atom. The fraction of sp³-hybridized carbons (Fsp3) is 0.625. The fourth-order valence-electron chi connectivity index (χ4n) is 7.72. The molecule has 0 aliphatic carbocycles. The molecule has 0 bridgehead atoms. The van der Waals surface area contributed by atoms with Crippen LogP contribution >= 0.6 is 0 Å². The average Bonchev–Trinajstić information content (AvgIpc) is 3.09. The number of aliphatic hydroxyl groups excluding tert-OH is 1. The Hall–Kier alpha value is -2.57. The molecule has 10 atom stereocenters. The Morgan fingerprint density at radius 2 is 1.60 bits per heavy atom. The van der Waals surface area contributed by atoms with Crippen LogP contribution in [-0.4, -0.2) is 97.9 Å². The number of carbonyl (C=O) groups excluding carboxylic acids is 1. The summed E-state index contributed by atoms with van der Waals surface area (Å²) >= 11 is 0. The molecule has 280 valence electrons. The Kier molecular flexibility index (Phi) is 14.9. The van der Waals surface area contributed by atoms with Gasteiger partial charge in [-0.25, -0.2) is 4.79 Å². The SMILES string of the molecule is C=C[C@H](C)[C@@H](O)[C@H](C)[C@@H](OC1O[C@H](C)C[C@H](N(C)C)[C@H]1OC(=O)OC)[C@](C)(O)C[C@@H](C)CCC(C)(C)[Si](O)(c1ccccc1)c1ccccc1. The third-order valence-electron chi connectivity index (χ3n) is 10.9. The molecule has 1 saturated heterocycles. The first kappa shape index (κ1) is 41.8. The van der Waals surface area contributed by atoms with Gasteiger partial charge in [0.2, 0.25) is 0 Å². The van der Waals surface area contributed by atoms with Crippen LogP contribution in [0.2, 0.25) is 5.04 Å². The number of likely N-dealkylation sites (N-methyl/N-ethyl adjacent to an activating group) is 1. The smallest absolute Gasteiger partial charge is 0.438 e. The zero-order valence-electron chi connectivity index (χ0n) is 31.9. The molecule has 0 aromatic heterocycles. The van der Waals surface area contributed by atoms with Crippen molar-refractivity contribution in [2.75, 3.05) is 21.2 Å². The second-order valence-corrected chi connectivity index (χ2v) is 19.6. The monoisotopic (exact) mass is 713 g/mol. The number of ether oxygens (including phenoxy) is 4. The molecule has 10 heteroatoms. The zero-order chi connectivity index (χ0) is 37.4. The summed E-state index contributed by atoms with van der Waals surface area (Å²) in [5.74, 6) is -0.802. The highest BCUT2D eigenvalue weighted by molar-refractivity contribution is 6.98. The molecule has 1 heterocycles. The van der Waals surface area contributed by atoms with Gasteiger partial charge in [0.15, 0.2) is 12.4 Å². The number of aliphatic hydroxyl groups is 2. The number of carbonyl (C=O) groups is 1.